The standard InChI is InChI=1S/C13H14BrFN2O3/c1-4-20-13(19)10(7-17(2)3)11(18)9-5-8(14)6-16-12(9)15/h5-7H,4H2,1-3H3/b10-7+. The van der Waals surface area contributed by atoms with Crippen LogP contribution in [0.1, 0.15) is 17.3 Å². The van der Waals surface area contributed by atoms with E-state index >= 15 is 0 Å². The average Bonchev–Trinajstić information content (AvgIpc) is 2.38. The van der Waals surface area contributed by atoms with Crippen molar-refractivity contribution in [1.29, 1.82) is 0 Å². The van der Waals surface area contributed by atoms with Crippen LogP contribution in [0.2, 0.25) is 0 Å². The number of rotatable bonds is 5. The van der Waals surface area contributed by atoms with Crippen LogP contribution in [-0.4, -0.2) is 42.3 Å². The third-order valence-corrected chi connectivity index (χ3v) is 2.61. The maximum atomic E-state index is 13.6. The summed E-state index contributed by atoms with van der Waals surface area (Å²) in [6.07, 6.45) is 2.52. The minimum absolute atomic E-state index is 0.121. The molecule has 20 heavy (non-hydrogen) atoms. The van der Waals surface area contributed by atoms with Crippen molar-refractivity contribution < 1.29 is 18.7 Å². The molecular weight excluding hydrogens is 331 g/mol. The van der Waals surface area contributed by atoms with Crippen molar-refractivity contribution >= 4 is 27.7 Å². The van der Waals surface area contributed by atoms with E-state index in [2.05, 4.69) is 20.9 Å². The summed E-state index contributed by atoms with van der Waals surface area (Å²) in [5, 5.41) is 0. The fourth-order valence-electron chi connectivity index (χ4n) is 1.40. The number of ketones is 1. The molecule has 0 saturated heterocycles. The molecule has 0 atom stereocenters. The van der Waals surface area contributed by atoms with E-state index in [9.17, 15) is 14.0 Å². The maximum Gasteiger partial charge on any atom is 0.343 e. The molecule has 0 N–H and O–H groups in total. The molecule has 0 aliphatic rings. The molecule has 5 nitrogen and oxygen atoms in total. The van der Waals surface area contributed by atoms with Gasteiger partial charge in [0.15, 0.2) is 0 Å². The molecule has 1 rings (SSSR count). The Kier molecular flexibility index (Phi) is 5.82. The van der Waals surface area contributed by atoms with E-state index in [0.29, 0.717) is 4.47 Å². The number of hydrogen-bond acceptors (Lipinski definition) is 5. The second kappa shape index (κ2) is 7.14. The van der Waals surface area contributed by atoms with E-state index in [1.165, 1.54) is 23.4 Å². The Morgan fingerprint density at radius 1 is 1.50 bits per heavy atom. The van der Waals surface area contributed by atoms with Crippen molar-refractivity contribution in [3.05, 3.63) is 40.0 Å². The van der Waals surface area contributed by atoms with Crippen LogP contribution in [0, 0.1) is 5.95 Å². The lowest BCUT2D eigenvalue weighted by atomic mass is 10.1. The van der Waals surface area contributed by atoms with Gasteiger partial charge < -0.3 is 9.64 Å². The van der Waals surface area contributed by atoms with Crippen molar-refractivity contribution in [2.45, 2.75) is 6.92 Å². The largest absolute Gasteiger partial charge is 0.462 e. The van der Waals surface area contributed by atoms with Crippen LogP contribution in [0.25, 0.3) is 0 Å². The van der Waals surface area contributed by atoms with Gasteiger partial charge in [-0.15, -0.1) is 0 Å². The van der Waals surface area contributed by atoms with Crippen LogP contribution >= 0.6 is 15.9 Å². The van der Waals surface area contributed by atoms with E-state index in [4.69, 9.17) is 4.74 Å². The molecule has 0 radical (unpaired) electrons. The highest BCUT2D eigenvalue weighted by Gasteiger charge is 2.25. The van der Waals surface area contributed by atoms with E-state index in [1.807, 2.05) is 0 Å². The minimum atomic E-state index is -0.938. The Morgan fingerprint density at radius 3 is 2.70 bits per heavy atom. The fourth-order valence-corrected chi connectivity index (χ4v) is 1.73. The minimum Gasteiger partial charge on any atom is -0.462 e. The molecular formula is C13H14BrFN2O3. The van der Waals surface area contributed by atoms with E-state index in [-0.39, 0.29) is 17.7 Å². The molecule has 0 aliphatic carbocycles. The number of ether oxygens (including phenoxy) is 1. The lowest BCUT2D eigenvalue weighted by Gasteiger charge is -2.11. The number of Topliss-reactive ketones (excluding diaryl/α,β-unsaturated/α-hetero) is 1. The summed E-state index contributed by atoms with van der Waals surface area (Å²) in [5.41, 5.74) is -0.545. The van der Waals surface area contributed by atoms with Gasteiger partial charge in [0.2, 0.25) is 11.7 Å². The van der Waals surface area contributed by atoms with Crippen LogP contribution in [0.4, 0.5) is 4.39 Å². The molecule has 0 saturated carbocycles. The third kappa shape index (κ3) is 4.12. The topological polar surface area (TPSA) is 59.5 Å². The van der Waals surface area contributed by atoms with Gasteiger partial charge in [0.25, 0.3) is 0 Å². The highest BCUT2D eigenvalue weighted by atomic mass is 79.9. The van der Waals surface area contributed by atoms with E-state index in [0.717, 1.165) is 0 Å². The lowest BCUT2D eigenvalue weighted by Crippen LogP contribution is -2.20. The first-order chi connectivity index (χ1) is 9.36. The van der Waals surface area contributed by atoms with Crippen LogP contribution < -0.4 is 0 Å². The number of carbonyl (C=O) groups excluding carboxylic acids is 2. The highest BCUT2D eigenvalue weighted by molar-refractivity contribution is 9.10. The van der Waals surface area contributed by atoms with Crippen LogP contribution in [0.3, 0.4) is 0 Å². The van der Waals surface area contributed by atoms with Crippen molar-refractivity contribution in [2.75, 3.05) is 20.7 Å². The van der Waals surface area contributed by atoms with Gasteiger partial charge in [-0.25, -0.2) is 9.78 Å². The zero-order valence-corrected chi connectivity index (χ0v) is 12.9. The predicted molar refractivity (Wildman–Crippen MR) is 74.6 cm³/mol. The van der Waals surface area contributed by atoms with Gasteiger partial charge in [-0.1, -0.05) is 0 Å². The summed E-state index contributed by atoms with van der Waals surface area (Å²) >= 11 is 3.10. The molecule has 0 aliphatic heterocycles. The number of halogens is 2. The SMILES string of the molecule is CCOC(=O)/C(=C/N(C)C)C(=O)c1cc(Br)cnc1F. The van der Waals surface area contributed by atoms with Gasteiger partial charge in [-0.05, 0) is 28.9 Å². The number of pyridine rings is 1. The molecule has 108 valence electrons. The smallest absolute Gasteiger partial charge is 0.343 e. The Morgan fingerprint density at radius 2 is 2.15 bits per heavy atom. The second-order valence-electron chi connectivity index (χ2n) is 4.05. The number of nitrogens with zero attached hydrogens (tertiary/aromatic N) is 2. The molecule has 0 spiro atoms. The monoisotopic (exact) mass is 344 g/mol. The molecule has 0 bridgehead atoms. The zero-order chi connectivity index (χ0) is 15.3. The van der Waals surface area contributed by atoms with Crippen LogP contribution in [0.15, 0.2) is 28.5 Å². The first-order valence-corrected chi connectivity index (χ1v) is 6.57. The summed E-state index contributed by atoms with van der Waals surface area (Å²) in [6.45, 7) is 1.74. The molecule has 1 heterocycles. The first-order valence-electron chi connectivity index (χ1n) is 5.78. The van der Waals surface area contributed by atoms with Crippen molar-refractivity contribution in [2.24, 2.45) is 0 Å². The average molecular weight is 345 g/mol. The van der Waals surface area contributed by atoms with Gasteiger partial charge >= 0.3 is 5.97 Å². The number of aromatic nitrogens is 1. The second-order valence-corrected chi connectivity index (χ2v) is 4.96. The predicted octanol–water partition coefficient (Wildman–Crippen LogP) is 2.17. The van der Waals surface area contributed by atoms with E-state index in [1.54, 1.807) is 21.0 Å². The molecule has 0 amide bonds. The van der Waals surface area contributed by atoms with Gasteiger partial charge in [-0.2, -0.15) is 4.39 Å². The summed E-state index contributed by atoms with van der Waals surface area (Å²) in [6, 6.07) is 1.27. The van der Waals surface area contributed by atoms with Crippen LogP contribution in [-0.2, 0) is 9.53 Å². The summed E-state index contributed by atoms with van der Waals surface area (Å²) in [7, 11) is 3.28. The Balaban J connectivity index is 3.24. The number of carbonyl (C=O) groups is 2. The maximum absolute atomic E-state index is 13.6. The van der Waals surface area contributed by atoms with Gasteiger partial charge in [0.05, 0.1) is 12.2 Å². The van der Waals surface area contributed by atoms with Gasteiger partial charge in [0, 0.05) is 31.0 Å². The Hall–Kier alpha value is -1.76. The summed E-state index contributed by atoms with van der Waals surface area (Å²) in [5.74, 6) is -2.51. The van der Waals surface area contributed by atoms with Gasteiger partial charge in [-0.3, -0.25) is 4.79 Å². The first kappa shape index (κ1) is 16.3. The fraction of sp³-hybridized carbons (Fsp3) is 0.308. The third-order valence-electron chi connectivity index (χ3n) is 2.18. The number of hydrogen-bond donors (Lipinski definition) is 0. The quantitative estimate of drug-likeness (QED) is 0.204. The Labute approximate surface area is 124 Å². The summed E-state index contributed by atoms with van der Waals surface area (Å²) in [4.78, 5) is 29.0. The normalized spacial score (nSPS) is 11.2. The number of esters is 1. The van der Waals surface area contributed by atoms with Crippen molar-refractivity contribution in [3.63, 3.8) is 0 Å². The highest BCUT2D eigenvalue weighted by Crippen LogP contribution is 2.17. The Bertz CT molecular complexity index is 559. The van der Waals surface area contributed by atoms with Crippen molar-refractivity contribution in [3.8, 4) is 0 Å². The lowest BCUT2D eigenvalue weighted by molar-refractivity contribution is -0.138. The molecule has 0 fully saturated rings. The molecule has 1 aromatic heterocycles. The molecule has 1 aromatic rings. The van der Waals surface area contributed by atoms with Crippen LogP contribution in [0.5, 0.6) is 0 Å². The molecule has 0 unspecified atom stereocenters. The van der Waals surface area contributed by atoms with Crippen molar-refractivity contribution in [1.82, 2.24) is 9.88 Å². The summed E-state index contributed by atoms with van der Waals surface area (Å²) < 4.78 is 18.9. The molecule has 0 aromatic carbocycles. The van der Waals surface area contributed by atoms with Gasteiger partial charge in [0.1, 0.15) is 5.57 Å². The molecule has 7 heteroatoms. The van der Waals surface area contributed by atoms with E-state index < -0.39 is 17.7 Å². The zero-order valence-electron chi connectivity index (χ0n) is 11.3.